The molecule has 1 unspecified atom stereocenters. The van der Waals surface area contributed by atoms with Crippen molar-refractivity contribution in [2.45, 2.75) is 51.4 Å². The first kappa shape index (κ1) is 23.4. The molecule has 2 aromatic carbocycles. The van der Waals surface area contributed by atoms with Gasteiger partial charge in [0.15, 0.2) is 6.10 Å². The molecule has 7 heteroatoms. The van der Waals surface area contributed by atoms with Gasteiger partial charge < -0.3 is 19.4 Å². The van der Waals surface area contributed by atoms with Gasteiger partial charge in [-0.25, -0.2) is 4.79 Å². The molecular formula is C23H29NO6. The van der Waals surface area contributed by atoms with Crippen molar-refractivity contribution in [2.24, 2.45) is 0 Å². The molecule has 2 atom stereocenters. The van der Waals surface area contributed by atoms with Gasteiger partial charge in [-0.05, 0) is 44.0 Å². The fourth-order valence-electron chi connectivity index (χ4n) is 2.79. The number of benzene rings is 2. The number of esters is 1. The third kappa shape index (κ3) is 7.85. The van der Waals surface area contributed by atoms with Crippen molar-refractivity contribution in [2.75, 3.05) is 7.11 Å². The second kappa shape index (κ2) is 10.8. The van der Waals surface area contributed by atoms with Crippen molar-refractivity contribution in [3.8, 4) is 5.75 Å². The second-order valence-electron chi connectivity index (χ2n) is 7.89. The van der Waals surface area contributed by atoms with Crippen LogP contribution in [0.15, 0.2) is 54.6 Å². The van der Waals surface area contributed by atoms with Crippen LogP contribution < -0.4 is 10.2 Å². The molecule has 2 N–H and O–H groups in total. The zero-order chi connectivity index (χ0) is 22.1. The van der Waals surface area contributed by atoms with E-state index in [2.05, 4.69) is 5.48 Å². The lowest BCUT2D eigenvalue weighted by molar-refractivity contribution is -0.163. The van der Waals surface area contributed by atoms with Gasteiger partial charge in [-0.3, -0.25) is 4.79 Å². The fraction of sp³-hybridized carbons (Fsp3) is 0.391. The number of nitrogens with one attached hydrogen (secondary N) is 1. The van der Waals surface area contributed by atoms with Crippen molar-refractivity contribution in [1.29, 1.82) is 0 Å². The lowest BCUT2D eigenvalue weighted by atomic mass is 10.1. The number of hydrogen-bond acceptors (Lipinski definition) is 6. The van der Waals surface area contributed by atoms with Gasteiger partial charge in [0.2, 0.25) is 0 Å². The van der Waals surface area contributed by atoms with E-state index in [0.717, 1.165) is 11.1 Å². The standard InChI is InChI=1S/C23H29NO6/c1-23(2,3)30-22(27)20(15-16-8-6-5-7-9-16)29-18-12-10-17(11-13-18)14-19(21(25)26)24-28-4/h5-13,19-20,24H,14-15H2,1-4H3,(H,25,26)/t19-,20?/m0/s1. The summed E-state index contributed by atoms with van der Waals surface area (Å²) >= 11 is 0. The highest BCUT2D eigenvalue weighted by Gasteiger charge is 2.27. The minimum absolute atomic E-state index is 0.239. The number of carboxylic acids is 1. The molecule has 0 fully saturated rings. The molecular weight excluding hydrogens is 386 g/mol. The predicted octanol–water partition coefficient (Wildman–Crippen LogP) is 3.17. The summed E-state index contributed by atoms with van der Waals surface area (Å²) in [6.07, 6.45) is -0.196. The normalized spacial score (nSPS) is 13.3. The average molecular weight is 415 g/mol. The number of rotatable bonds is 10. The van der Waals surface area contributed by atoms with Gasteiger partial charge in [0, 0.05) is 12.8 Å². The van der Waals surface area contributed by atoms with Crippen LogP contribution in [0, 0.1) is 0 Å². The van der Waals surface area contributed by atoms with Crippen LogP contribution in [0.1, 0.15) is 31.9 Å². The van der Waals surface area contributed by atoms with Crippen molar-refractivity contribution < 1.29 is 29.0 Å². The summed E-state index contributed by atoms with van der Waals surface area (Å²) in [5.74, 6) is -0.951. The zero-order valence-electron chi connectivity index (χ0n) is 17.8. The summed E-state index contributed by atoms with van der Waals surface area (Å²) < 4.78 is 11.5. The molecule has 7 nitrogen and oxygen atoms in total. The number of carbonyl (C=O) groups excluding carboxylic acids is 1. The Bertz CT molecular complexity index is 814. The van der Waals surface area contributed by atoms with Gasteiger partial charge in [0.25, 0.3) is 0 Å². The van der Waals surface area contributed by atoms with E-state index in [1.165, 1.54) is 7.11 Å². The quantitative estimate of drug-likeness (QED) is 0.455. The third-order valence-electron chi connectivity index (χ3n) is 4.13. The number of ether oxygens (including phenoxy) is 2. The summed E-state index contributed by atoms with van der Waals surface area (Å²) in [5.41, 5.74) is 3.57. The minimum Gasteiger partial charge on any atom is -0.480 e. The number of hydroxylamine groups is 1. The van der Waals surface area contributed by atoms with E-state index >= 15 is 0 Å². The zero-order valence-corrected chi connectivity index (χ0v) is 17.8. The Balaban J connectivity index is 2.12. The average Bonchev–Trinajstić information content (AvgIpc) is 2.68. The maximum absolute atomic E-state index is 12.7. The fourth-order valence-corrected chi connectivity index (χ4v) is 2.79. The van der Waals surface area contributed by atoms with Gasteiger partial charge in [-0.15, -0.1) is 0 Å². The Morgan fingerprint density at radius 3 is 2.10 bits per heavy atom. The molecule has 0 amide bonds. The Labute approximate surface area is 176 Å². The topological polar surface area (TPSA) is 94.1 Å². The molecule has 0 aliphatic rings. The lowest BCUT2D eigenvalue weighted by Gasteiger charge is -2.24. The van der Waals surface area contributed by atoms with Gasteiger partial charge in [-0.2, -0.15) is 5.48 Å². The molecule has 0 saturated heterocycles. The van der Waals surface area contributed by atoms with Crippen LogP contribution in [0.2, 0.25) is 0 Å². The Morgan fingerprint density at radius 1 is 0.967 bits per heavy atom. The van der Waals surface area contributed by atoms with Crippen LogP contribution in [0.3, 0.4) is 0 Å². The molecule has 162 valence electrons. The van der Waals surface area contributed by atoms with Crippen LogP contribution in [0.5, 0.6) is 5.75 Å². The van der Waals surface area contributed by atoms with Gasteiger partial charge in [0.1, 0.15) is 17.4 Å². The molecule has 30 heavy (non-hydrogen) atoms. The van der Waals surface area contributed by atoms with E-state index in [4.69, 9.17) is 14.3 Å². The summed E-state index contributed by atoms with van der Waals surface area (Å²) in [7, 11) is 1.37. The van der Waals surface area contributed by atoms with E-state index in [1.54, 1.807) is 24.3 Å². The van der Waals surface area contributed by atoms with Crippen LogP contribution >= 0.6 is 0 Å². The van der Waals surface area contributed by atoms with Gasteiger partial charge in [-0.1, -0.05) is 42.5 Å². The second-order valence-corrected chi connectivity index (χ2v) is 7.89. The maximum Gasteiger partial charge on any atom is 0.348 e. The highest BCUT2D eigenvalue weighted by atomic mass is 16.6. The highest BCUT2D eigenvalue weighted by Crippen LogP contribution is 2.19. The predicted molar refractivity (Wildman–Crippen MR) is 112 cm³/mol. The molecule has 2 aromatic rings. The van der Waals surface area contributed by atoms with Gasteiger partial charge in [0.05, 0.1) is 7.11 Å². The number of aliphatic carboxylic acids is 1. The van der Waals surface area contributed by atoms with Crippen molar-refractivity contribution in [3.63, 3.8) is 0 Å². The SMILES string of the molecule is CON[C@@H](Cc1ccc(OC(Cc2ccccc2)C(=O)OC(C)(C)C)cc1)C(=O)O. The Hall–Kier alpha value is -2.90. The van der Waals surface area contributed by atoms with E-state index in [9.17, 15) is 14.7 Å². The van der Waals surface area contributed by atoms with E-state index in [1.807, 2.05) is 51.1 Å². The first-order valence-electron chi connectivity index (χ1n) is 9.71. The highest BCUT2D eigenvalue weighted by molar-refractivity contribution is 5.76. The number of hydrogen-bond donors (Lipinski definition) is 2. The summed E-state index contributed by atoms with van der Waals surface area (Å²) in [6.45, 7) is 5.44. The summed E-state index contributed by atoms with van der Waals surface area (Å²) in [5, 5.41) is 9.21. The van der Waals surface area contributed by atoms with Crippen molar-refractivity contribution >= 4 is 11.9 Å². The van der Waals surface area contributed by atoms with Gasteiger partial charge >= 0.3 is 11.9 Å². The molecule has 0 aliphatic heterocycles. The number of carboxylic acid groups (broad SMARTS) is 1. The molecule has 0 heterocycles. The first-order chi connectivity index (χ1) is 14.2. The number of carbonyl (C=O) groups is 2. The van der Waals surface area contributed by atoms with Crippen LogP contribution in [0.4, 0.5) is 0 Å². The van der Waals surface area contributed by atoms with Crippen molar-refractivity contribution in [3.05, 3.63) is 65.7 Å². The molecule has 0 aromatic heterocycles. The van der Waals surface area contributed by atoms with Crippen molar-refractivity contribution in [1.82, 2.24) is 5.48 Å². The smallest absolute Gasteiger partial charge is 0.348 e. The lowest BCUT2D eigenvalue weighted by Crippen LogP contribution is -2.37. The molecule has 0 saturated carbocycles. The summed E-state index contributed by atoms with van der Waals surface area (Å²) in [6, 6.07) is 15.7. The molecule has 0 radical (unpaired) electrons. The monoisotopic (exact) mass is 415 g/mol. The van der Waals surface area contributed by atoms with E-state index in [0.29, 0.717) is 12.2 Å². The maximum atomic E-state index is 12.7. The molecule has 0 bridgehead atoms. The van der Waals surface area contributed by atoms with E-state index in [-0.39, 0.29) is 6.42 Å². The third-order valence-corrected chi connectivity index (χ3v) is 4.13. The van der Waals surface area contributed by atoms with Crippen LogP contribution in [-0.4, -0.2) is 41.9 Å². The largest absolute Gasteiger partial charge is 0.480 e. The van der Waals surface area contributed by atoms with Crippen LogP contribution in [-0.2, 0) is 32.0 Å². The molecule has 0 spiro atoms. The minimum atomic E-state index is -1.01. The molecule has 2 rings (SSSR count). The molecule has 0 aliphatic carbocycles. The first-order valence-corrected chi connectivity index (χ1v) is 9.71. The Kier molecular flexibility index (Phi) is 8.38. The summed E-state index contributed by atoms with van der Waals surface area (Å²) in [4.78, 5) is 28.7. The van der Waals surface area contributed by atoms with Crippen LogP contribution in [0.25, 0.3) is 0 Å². The Morgan fingerprint density at radius 2 is 1.57 bits per heavy atom. The van der Waals surface area contributed by atoms with E-state index < -0.39 is 29.7 Å².